The van der Waals surface area contributed by atoms with Crippen molar-refractivity contribution < 1.29 is 81.1 Å². The highest BCUT2D eigenvalue weighted by Crippen LogP contribution is 2.26. The number of carboxylic acid groups (broad SMARTS) is 1. The Morgan fingerprint density at radius 3 is 1.61 bits per heavy atom. The number of nitrogens with two attached hydrogens (primary N) is 2. The van der Waals surface area contributed by atoms with Crippen LogP contribution in [-0.2, 0) is 82.4 Å². The van der Waals surface area contributed by atoms with Crippen molar-refractivity contribution in [2.45, 2.75) is 340 Å². The lowest BCUT2D eigenvalue weighted by atomic mass is 9.99. The van der Waals surface area contributed by atoms with Gasteiger partial charge in [0.15, 0.2) is 12.1 Å². The highest BCUT2D eigenvalue weighted by atomic mass is 31.1. The van der Waals surface area contributed by atoms with Crippen molar-refractivity contribution in [3.63, 3.8) is 0 Å². The molecule has 112 heavy (non-hydrogen) atoms. The summed E-state index contributed by atoms with van der Waals surface area (Å²) in [5.41, 5.74) is 7.82. The molecule has 0 bridgehead atoms. The molecule has 6 unspecified atom stereocenters. The Kier molecular flexibility index (Phi) is 52.0. The van der Waals surface area contributed by atoms with Crippen molar-refractivity contribution >= 4 is 78.9 Å². The monoisotopic (exact) mass is 1600 g/mol. The van der Waals surface area contributed by atoms with E-state index in [9.17, 15) is 62.4 Å². The van der Waals surface area contributed by atoms with Crippen LogP contribution in [0.25, 0.3) is 0 Å². The van der Waals surface area contributed by atoms with E-state index in [0.29, 0.717) is 18.4 Å². The molecule has 2 aromatic carbocycles. The third kappa shape index (κ3) is 45.9. The zero-order valence-corrected chi connectivity index (χ0v) is 69.0. The maximum Gasteiger partial charge on any atom is 0.728 e. The minimum absolute atomic E-state index is 0.0108. The van der Waals surface area contributed by atoms with Crippen LogP contribution >= 0.6 is 8.25 Å². The molecule has 30 nitrogen and oxygen atoms in total. The second-order valence-electron chi connectivity index (χ2n) is 30.6. The Labute approximate surface area is 664 Å². The number of ether oxygens (including phenoxy) is 3. The number of rotatable bonds is 64. The van der Waals surface area contributed by atoms with Gasteiger partial charge in [-0.15, -0.1) is 4.52 Å². The quantitative estimate of drug-likeness (QED) is 0.00428. The SMILES string of the molecule is CCCCCCCCCCCCCCCCCC(=O)OCC(COO[P+](=O)OCCNC(=O)C(C)(C)OCCC(C)(C)Nc1c(NCCCCC2NC(=O)C(Cc3ccccc3)NC(=O)C(CC(=O)O)NC(=O)CNC(=O)C(CCCN=C(N)N)NC2=O)c(=O)c1=O)OC(=O)CCCCCCCCCCCCCCCCC. The van der Waals surface area contributed by atoms with Gasteiger partial charge in [-0.2, -0.15) is 4.89 Å². The van der Waals surface area contributed by atoms with Gasteiger partial charge in [-0.05, 0) is 84.6 Å². The van der Waals surface area contributed by atoms with Gasteiger partial charge >= 0.3 is 26.2 Å². The Balaban J connectivity index is 1.50. The average Bonchev–Trinajstić information content (AvgIpc) is 0.779. The first-order chi connectivity index (χ1) is 53.7. The van der Waals surface area contributed by atoms with Gasteiger partial charge in [0.1, 0.15) is 61.0 Å². The molecule has 31 heteroatoms. The molecule has 0 radical (unpaired) electrons. The fraction of sp³-hybridized carbons (Fsp3) is 0.753. The summed E-state index contributed by atoms with van der Waals surface area (Å²) in [6, 6.07) is 2.88. The number of carbonyl (C=O) groups is 9. The van der Waals surface area contributed by atoms with Gasteiger partial charge in [0.25, 0.3) is 16.8 Å². The zero-order chi connectivity index (χ0) is 82.2. The summed E-state index contributed by atoms with van der Waals surface area (Å²) in [4.78, 5) is 155. The molecule has 0 saturated carbocycles. The van der Waals surface area contributed by atoms with E-state index in [4.69, 9.17) is 39.8 Å². The molecule has 1 fully saturated rings. The first kappa shape index (κ1) is 98.5. The number of guanidine groups is 1. The van der Waals surface area contributed by atoms with Gasteiger partial charge < -0.3 is 73.3 Å². The summed E-state index contributed by atoms with van der Waals surface area (Å²) in [5.74, 6) is -7.43. The first-order valence-corrected chi connectivity index (χ1v) is 42.7. The Bertz CT molecular complexity index is 3180. The second kappa shape index (κ2) is 59.1. The van der Waals surface area contributed by atoms with Crippen molar-refractivity contribution in [1.29, 1.82) is 0 Å². The van der Waals surface area contributed by atoms with E-state index in [1.165, 1.54) is 141 Å². The van der Waals surface area contributed by atoms with Crippen LogP contribution in [0, 0.1) is 0 Å². The molecule has 1 aliphatic rings. The minimum atomic E-state index is -2.87. The molecule has 3 rings (SSSR count). The Morgan fingerprint density at radius 2 is 1.06 bits per heavy atom. The zero-order valence-electron chi connectivity index (χ0n) is 68.1. The van der Waals surface area contributed by atoms with Crippen molar-refractivity contribution in [2.24, 2.45) is 16.5 Å². The molecule has 13 N–H and O–H groups in total. The number of carbonyl (C=O) groups excluding carboxylic acids is 8. The highest BCUT2D eigenvalue weighted by Gasteiger charge is 2.36. The lowest BCUT2D eigenvalue weighted by Gasteiger charge is -2.31. The van der Waals surface area contributed by atoms with Gasteiger partial charge in [-0.25, -0.2) is 0 Å². The molecule has 6 atom stereocenters. The van der Waals surface area contributed by atoms with E-state index < -0.39 is 133 Å². The Morgan fingerprint density at radius 1 is 0.571 bits per heavy atom. The van der Waals surface area contributed by atoms with Crippen LogP contribution in [0.4, 0.5) is 11.4 Å². The van der Waals surface area contributed by atoms with Crippen LogP contribution in [-0.4, -0.2) is 158 Å². The molecular formula is C81H137N11O19P+. The van der Waals surface area contributed by atoms with Crippen molar-refractivity contribution in [2.75, 3.05) is 63.2 Å². The number of amides is 6. The molecule has 1 aliphatic heterocycles. The third-order valence-corrected chi connectivity index (χ3v) is 20.2. The van der Waals surface area contributed by atoms with Crippen molar-refractivity contribution in [1.82, 2.24) is 31.9 Å². The van der Waals surface area contributed by atoms with Crippen molar-refractivity contribution in [3.05, 3.63) is 56.3 Å². The van der Waals surface area contributed by atoms with Crippen LogP contribution in [0.1, 0.15) is 298 Å². The van der Waals surface area contributed by atoms with E-state index in [-0.39, 0.29) is 115 Å². The normalized spacial score (nSPS) is 16.3. The number of carboxylic acids is 1. The van der Waals surface area contributed by atoms with E-state index in [2.05, 4.69) is 61.4 Å². The maximum atomic E-state index is 14.2. The Hall–Kier alpha value is -7.66. The number of unbranched alkanes of at least 4 members (excludes halogenated alkanes) is 29. The summed E-state index contributed by atoms with van der Waals surface area (Å²) >= 11 is 0. The minimum Gasteiger partial charge on any atom is -0.481 e. The fourth-order valence-corrected chi connectivity index (χ4v) is 13.2. The standard InChI is InChI=1S/C81H136N11O19P/c1-7-9-11-13-15-17-19-21-23-25-27-29-31-33-38-47-68(96)106-58-61(110-69(97)48-39-34-32-30-28-26-24-22-20-18-16-14-12-10-8-2)59-108-111-112(105)109-54-52-85-78(104)81(5,6)107-53-49-80(3,4)92-71-70(72(98)73(71)99)84-50-41-40-45-63-75(101)89-62(46-42-51-86-79(82)83)74(100)87-57-66(93)88-65(56-67(94)95)77(103)91-64(76(102)90-63)55-60-43-36-35-37-44-60/h35-37,43-44,61-65H,7-34,38-42,45-59H2,1-6H3,(H12-,82,83,84,85,86,87,88,89,90,91,92,93,94,95,98,99,100,101,102,103,104)/p+1. The number of hydrogen-bond donors (Lipinski definition) is 11. The topological polar surface area (TPSA) is 441 Å². The fourth-order valence-electron chi connectivity index (χ4n) is 12.8. The number of hydrogen-bond acceptors (Lipinski definition) is 21. The lowest BCUT2D eigenvalue weighted by molar-refractivity contribution is -0.234. The summed E-state index contributed by atoms with van der Waals surface area (Å²) in [6.45, 7) is 9.59. The van der Waals surface area contributed by atoms with Crippen molar-refractivity contribution in [3.8, 4) is 0 Å². The summed E-state index contributed by atoms with van der Waals surface area (Å²) in [5, 5.41) is 31.0. The van der Waals surface area contributed by atoms with E-state index in [0.717, 1.165) is 38.5 Å². The van der Waals surface area contributed by atoms with Gasteiger partial charge in [-0.1, -0.05) is 224 Å². The molecule has 1 saturated heterocycles. The number of benzene rings is 1. The number of anilines is 2. The van der Waals surface area contributed by atoms with Gasteiger partial charge in [0, 0.05) is 49.0 Å². The molecule has 1 heterocycles. The van der Waals surface area contributed by atoms with Crippen LogP contribution in [0.3, 0.4) is 0 Å². The maximum absolute atomic E-state index is 14.2. The molecule has 634 valence electrons. The lowest BCUT2D eigenvalue weighted by Crippen LogP contribution is -2.58. The molecule has 0 aliphatic carbocycles. The predicted molar refractivity (Wildman–Crippen MR) is 433 cm³/mol. The van der Waals surface area contributed by atoms with E-state index in [1.54, 1.807) is 58.0 Å². The third-order valence-electron chi connectivity index (χ3n) is 19.6. The largest absolute Gasteiger partial charge is 0.728 e. The molecule has 6 amide bonds. The molecular weight excluding hydrogens is 1460 g/mol. The number of aliphatic carboxylic acids is 1. The van der Waals surface area contributed by atoms with Gasteiger partial charge in [0.05, 0.1) is 24.2 Å². The van der Waals surface area contributed by atoms with Crippen LogP contribution in [0.15, 0.2) is 44.9 Å². The number of aliphatic imine (C=N–C) groups is 1. The number of esters is 2. The van der Waals surface area contributed by atoms with Crippen LogP contribution < -0.4 is 64.9 Å². The van der Waals surface area contributed by atoms with Crippen LogP contribution in [0.2, 0.25) is 0 Å². The number of nitrogens with zero attached hydrogens (tertiary/aromatic N) is 1. The molecule has 2 aromatic rings. The predicted octanol–water partition coefficient (Wildman–Crippen LogP) is 10.8. The highest BCUT2D eigenvalue weighted by molar-refractivity contribution is 7.33. The smallest absolute Gasteiger partial charge is 0.481 e. The van der Waals surface area contributed by atoms with Gasteiger partial charge in [0.2, 0.25) is 29.5 Å². The summed E-state index contributed by atoms with van der Waals surface area (Å²) < 4.78 is 40.1. The number of nitrogens with one attached hydrogen (secondary N) is 8. The van der Waals surface area contributed by atoms with Gasteiger partial charge in [-0.3, -0.25) is 57.7 Å². The first-order valence-electron chi connectivity index (χ1n) is 41.6. The summed E-state index contributed by atoms with van der Waals surface area (Å²) in [6.07, 6.45) is 35.2. The molecule has 0 spiro atoms. The summed E-state index contributed by atoms with van der Waals surface area (Å²) in [7, 11) is -2.87. The van der Waals surface area contributed by atoms with Crippen LogP contribution in [0.5, 0.6) is 0 Å². The van der Waals surface area contributed by atoms with E-state index >= 15 is 0 Å². The van der Waals surface area contributed by atoms with E-state index in [1.807, 2.05) is 0 Å². The molecule has 0 aromatic heterocycles. The average molecular weight is 1600 g/mol. The second-order valence-corrected chi connectivity index (χ2v) is 31.4.